The van der Waals surface area contributed by atoms with E-state index in [0.29, 0.717) is 29.0 Å². The van der Waals surface area contributed by atoms with E-state index >= 15 is 0 Å². The lowest BCUT2D eigenvalue weighted by molar-refractivity contribution is -0.136. The summed E-state index contributed by atoms with van der Waals surface area (Å²) in [6, 6.07) is 7.39. The van der Waals surface area contributed by atoms with Crippen LogP contribution in [0.2, 0.25) is 0 Å². The minimum Gasteiger partial charge on any atom is -0.466 e. The second kappa shape index (κ2) is 8.26. The number of hydrogen-bond donors (Lipinski definition) is 1. The summed E-state index contributed by atoms with van der Waals surface area (Å²) < 4.78 is 11.3. The highest BCUT2D eigenvalue weighted by Gasteiger charge is 2.43. The van der Waals surface area contributed by atoms with Gasteiger partial charge in [0.25, 0.3) is 5.91 Å². The number of amides is 2. The van der Waals surface area contributed by atoms with Gasteiger partial charge in [0.05, 0.1) is 18.6 Å². The number of dihydropyridines is 1. The summed E-state index contributed by atoms with van der Waals surface area (Å²) in [5.41, 5.74) is 2.07. The zero-order valence-corrected chi connectivity index (χ0v) is 19.3. The van der Waals surface area contributed by atoms with Gasteiger partial charge in [0.15, 0.2) is 0 Å². The van der Waals surface area contributed by atoms with Gasteiger partial charge in [-0.3, -0.25) is 4.79 Å². The van der Waals surface area contributed by atoms with E-state index in [1.54, 1.807) is 27.7 Å². The molecule has 0 radical (unpaired) electrons. The van der Waals surface area contributed by atoms with Crippen LogP contribution in [0.1, 0.15) is 45.6 Å². The van der Waals surface area contributed by atoms with Crippen LogP contribution in [-0.2, 0) is 19.1 Å². The Hall–Kier alpha value is -2.61. The van der Waals surface area contributed by atoms with E-state index in [9.17, 15) is 14.4 Å². The van der Waals surface area contributed by atoms with E-state index in [-0.39, 0.29) is 6.54 Å². The molecular weight excluding hydrogens is 452 g/mol. The van der Waals surface area contributed by atoms with Crippen molar-refractivity contribution in [3.63, 3.8) is 0 Å². The summed E-state index contributed by atoms with van der Waals surface area (Å²) >= 11 is 3.41. The molecule has 160 valence electrons. The fourth-order valence-corrected chi connectivity index (χ4v) is 3.94. The molecule has 7 nitrogen and oxygen atoms in total. The lowest BCUT2D eigenvalue weighted by atomic mass is 9.78. The number of rotatable bonds is 2. The predicted molar refractivity (Wildman–Crippen MR) is 114 cm³/mol. The topological polar surface area (TPSA) is 84.9 Å². The number of carbonyl (C=O) groups is 3. The number of ether oxygens (including phenoxy) is 2. The Morgan fingerprint density at radius 2 is 1.83 bits per heavy atom. The first-order valence-electron chi connectivity index (χ1n) is 9.63. The Labute approximate surface area is 184 Å². The second-order valence-electron chi connectivity index (χ2n) is 8.22. The largest absolute Gasteiger partial charge is 0.466 e. The van der Waals surface area contributed by atoms with E-state index in [2.05, 4.69) is 21.2 Å². The van der Waals surface area contributed by atoms with Crippen LogP contribution in [0.5, 0.6) is 0 Å². The third-order valence-corrected chi connectivity index (χ3v) is 5.46. The van der Waals surface area contributed by atoms with E-state index in [1.165, 1.54) is 7.11 Å². The van der Waals surface area contributed by atoms with Gasteiger partial charge in [-0.25, -0.2) is 14.5 Å². The Morgan fingerprint density at radius 1 is 1.20 bits per heavy atom. The summed E-state index contributed by atoms with van der Waals surface area (Å²) in [4.78, 5) is 39.8. The molecule has 1 N–H and O–H groups in total. The van der Waals surface area contributed by atoms with Crippen LogP contribution in [0.25, 0.3) is 0 Å². The van der Waals surface area contributed by atoms with Gasteiger partial charge in [-0.2, -0.15) is 0 Å². The van der Waals surface area contributed by atoms with Gasteiger partial charge in [0, 0.05) is 34.4 Å². The third-order valence-electron chi connectivity index (χ3n) is 4.93. The molecule has 0 aromatic heterocycles. The van der Waals surface area contributed by atoms with Crippen molar-refractivity contribution in [2.45, 2.75) is 45.6 Å². The lowest BCUT2D eigenvalue weighted by Crippen LogP contribution is -2.48. The van der Waals surface area contributed by atoms with E-state index in [0.717, 1.165) is 14.9 Å². The van der Waals surface area contributed by atoms with Crippen LogP contribution in [0, 0.1) is 0 Å². The molecule has 0 fully saturated rings. The number of hydrogen-bond acceptors (Lipinski definition) is 6. The SMILES string of the molecule is COC(=O)C1=C(C)NC2=C(C(=O)N(C(=O)OC(C)(C)C)CC2)C1c1ccc(Br)cc1. The summed E-state index contributed by atoms with van der Waals surface area (Å²) in [5.74, 6) is -1.65. The van der Waals surface area contributed by atoms with E-state index in [1.807, 2.05) is 24.3 Å². The molecule has 30 heavy (non-hydrogen) atoms. The Kier molecular flexibility index (Phi) is 6.08. The average molecular weight is 477 g/mol. The Balaban J connectivity index is 2.08. The first-order chi connectivity index (χ1) is 14.0. The fourth-order valence-electron chi connectivity index (χ4n) is 3.68. The maximum Gasteiger partial charge on any atom is 0.417 e. The minimum absolute atomic E-state index is 0.202. The van der Waals surface area contributed by atoms with Crippen molar-refractivity contribution >= 4 is 33.9 Å². The van der Waals surface area contributed by atoms with Crippen LogP contribution in [0.4, 0.5) is 4.79 Å². The standard InChI is InChI=1S/C22H25BrN2O5/c1-12-16(20(27)29-5)17(13-6-8-14(23)9-7-13)18-15(24-12)10-11-25(19(18)26)21(28)30-22(2,3)4/h6-9,17,24H,10-11H2,1-5H3. The highest BCUT2D eigenvalue weighted by molar-refractivity contribution is 9.10. The van der Waals surface area contributed by atoms with Gasteiger partial charge >= 0.3 is 12.1 Å². The van der Waals surface area contributed by atoms with Crippen LogP contribution in [-0.4, -0.2) is 42.1 Å². The van der Waals surface area contributed by atoms with Gasteiger partial charge < -0.3 is 14.8 Å². The molecule has 0 saturated heterocycles. The molecule has 3 rings (SSSR count). The van der Waals surface area contributed by atoms with Crippen molar-refractivity contribution in [1.82, 2.24) is 10.2 Å². The Morgan fingerprint density at radius 3 is 2.40 bits per heavy atom. The normalized spacial score (nSPS) is 19.3. The number of benzene rings is 1. The molecule has 0 saturated carbocycles. The summed E-state index contributed by atoms with van der Waals surface area (Å²) in [6.45, 7) is 7.23. The summed E-state index contributed by atoms with van der Waals surface area (Å²) in [6.07, 6.45) is -0.251. The van der Waals surface area contributed by atoms with E-state index in [4.69, 9.17) is 9.47 Å². The molecule has 0 bridgehead atoms. The van der Waals surface area contributed by atoms with Gasteiger partial charge in [0.2, 0.25) is 0 Å². The van der Waals surface area contributed by atoms with E-state index < -0.39 is 29.5 Å². The van der Waals surface area contributed by atoms with Gasteiger partial charge in [-0.15, -0.1) is 0 Å². The third kappa shape index (κ3) is 4.28. The lowest BCUT2D eigenvalue weighted by Gasteiger charge is -2.37. The molecule has 1 atom stereocenters. The monoisotopic (exact) mass is 476 g/mol. The first kappa shape index (κ1) is 22.1. The molecule has 2 aliphatic heterocycles. The molecule has 1 aromatic carbocycles. The molecule has 2 aliphatic rings. The van der Waals surface area contributed by atoms with Crippen molar-refractivity contribution in [3.8, 4) is 0 Å². The molecule has 2 heterocycles. The van der Waals surface area contributed by atoms with Gasteiger partial charge in [-0.1, -0.05) is 28.1 Å². The fraction of sp³-hybridized carbons (Fsp3) is 0.409. The van der Waals surface area contributed by atoms with Crippen molar-refractivity contribution in [3.05, 3.63) is 56.8 Å². The molecule has 8 heteroatoms. The van der Waals surface area contributed by atoms with Crippen molar-refractivity contribution < 1.29 is 23.9 Å². The van der Waals surface area contributed by atoms with Gasteiger partial charge in [-0.05, 0) is 45.4 Å². The quantitative estimate of drug-likeness (QED) is 0.649. The highest BCUT2D eigenvalue weighted by atomic mass is 79.9. The van der Waals surface area contributed by atoms with Crippen LogP contribution in [0.15, 0.2) is 51.3 Å². The van der Waals surface area contributed by atoms with Crippen molar-refractivity contribution in [2.24, 2.45) is 0 Å². The number of nitrogens with zero attached hydrogens (tertiary/aromatic N) is 1. The number of esters is 1. The van der Waals surface area contributed by atoms with Crippen LogP contribution in [0.3, 0.4) is 0 Å². The predicted octanol–water partition coefficient (Wildman–Crippen LogP) is 4.00. The number of halogens is 1. The molecule has 0 aliphatic carbocycles. The minimum atomic E-state index is -0.727. The maximum absolute atomic E-state index is 13.4. The molecule has 0 spiro atoms. The zero-order chi connectivity index (χ0) is 22.2. The number of nitrogens with one attached hydrogen (secondary N) is 1. The van der Waals surface area contributed by atoms with Crippen molar-refractivity contribution in [2.75, 3.05) is 13.7 Å². The first-order valence-corrected chi connectivity index (χ1v) is 10.4. The number of allylic oxidation sites excluding steroid dienone is 1. The average Bonchev–Trinajstić information content (AvgIpc) is 2.66. The Bertz CT molecular complexity index is 957. The zero-order valence-electron chi connectivity index (χ0n) is 17.7. The number of carbonyl (C=O) groups excluding carboxylic acids is 3. The number of methoxy groups -OCH3 is 1. The van der Waals surface area contributed by atoms with Crippen molar-refractivity contribution in [1.29, 1.82) is 0 Å². The molecule has 2 amide bonds. The van der Waals surface area contributed by atoms with Crippen LogP contribution >= 0.6 is 15.9 Å². The maximum atomic E-state index is 13.4. The molecule has 1 aromatic rings. The smallest absolute Gasteiger partial charge is 0.417 e. The molecular formula is C22H25BrN2O5. The highest BCUT2D eigenvalue weighted by Crippen LogP contribution is 2.42. The second-order valence-corrected chi connectivity index (χ2v) is 9.13. The summed E-state index contributed by atoms with van der Waals surface area (Å²) in [5, 5.41) is 3.18. The summed E-state index contributed by atoms with van der Waals surface area (Å²) in [7, 11) is 1.31. The van der Waals surface area contributed by atoms with Gasteiger partial charge in [0.1, 0.15) is 5.60 Å². The van der Waals surface area contributed by atoms with Crippen LogP contribution < -0.4 is 5.32 Å². The number of imide groups is 1. The molecule has 1 unspecified atom stereocenters.